The molecule has 182 valence electrons. The Morgan fingerprint density at radius 2 is 1.54 bits per heavy atom. The van der Waals surface area contributed by atoms with Gasteiger partial charge in [0.15, 0.2) is 11.5 Å². The van der Waals surface area contributed by atoms with Crippen LogP contribution in [0.25, 0.3) is 11.1 Å². The molecule has 0 saturated carbocycles. The van der Waals surface area contributed by atoms with Crippen LogP contribution < -0.4 is 14.2 Å². The first-order chi connectivity index (χ1) is 17.2. The molecule has 35 heavy (non-hydrogen) atoms. The standard InChI is InChI=1S/C28H30N2O5/c31-23(19-33-24-12-10-22(11-13-24)21-6-2-1-3-7-21)18-29-14-16-30(17-15-29)28(32)27-20-34-25-8-4-5-9-26(25)35-27/h1-13,23,27,31H,14-20H2/t23-,27+/m0/s1. The highest BCUT2D eigenvalue weighted by molar-refractivity contribution is 5.82. The number of β-amino-alcohol motifs (C(OH)–C–C–N with tert-alkyl or cyclic N) is 1. The molecule has 1 N–H and O–H groups in total. The maximum absolute atomic E-state index is 12.9. The van der Waals surface area contributed by atoms with Crippen molar-refractivity contribution in [2.75, 3.05) is 45.9 Å². The summed E-state index contributed by atoms with van der Waals surface area (Å²) < 4.78 is 17.3. The highest BCUT2D eigenvalue weighted by Gasteiger charge is 2.32. The van der Waals surface area contributed by atoms with E-state index in [0.29, 0.717) is 44.2 Å². The minimum atomic E-state index is -0.622. The van der Waals surface area contributed by atoms with Crippen LogP contribution in [0.15, 0.2) is 78.9 Å². The van der Waals surface area contributed by atoms with E-state index in [4.69, 9.17) is 14.2 Å². The molecule has 7 nitrogen and oxygen atoms in total. The highest BCUT2D eigenvalue weighted by atomic mass is 16.6. The van der Waals surface area contributed by atoms with Crippen LogP contribution in [0.3, 0.4) is 0 Å². The number of amides is 1. The number of hydrogen-bond acceptors (Lipinski definition) is 6. The van der Waals surface area contributed by atoms with Gasteiger partial charge in [-0.25, -0.2) is 0 Å². The van der Waals surface area contributed by atoms with Crippen LogP contribution >= 0.6 is 0 Å². The summed E-state index contributed by atoms with van der Waals surface area (Å²) in [5.41, 5.74) is 2.28. The normalized spacial score (nSPS) is 18.7. The quantitative estimate of drug-likeness (QED) is 0.568. The summed E-state index contributed by atoms with van der Waals surface area (Å²) in [6.07, 6.45) is -1.23. The van der Waals surface area contributed by atoms with Gasteiger partial charge in [0, 0.05) is 32.7 Å². The number of para-hydroxylation sites is 2. The van der Waals surface area contributed by atoms with Gasteiger partial charge in [-0.15, -0.1) is 0 Å². The number of rotatable bonds is 7. The number of nitrogens with zero attached hydrogens (tertiary/aromatic N) is 2. The number of aliphatic hydroxyl groups excluding tert-OH is 1. The molecule has 1 fully saturated rings. The largest absolute Gasteiger partial charge is 0.491 e. The third-order valence-corrected chi connectivity index (χ3v) is 6.34. The van der Waals surface area contributed by atoms with Crippen molar-refractivity contribution < 1.29 is 24.1 Å². The van der Waals surface area contributed by atoms with Crippen LogP contribution in [0.5, 0.6) is 17.2 Å². The molecule has 0 unspecified atom stereocenters. The third-order valence-electron chi connectivity index (χ3n) is 6.34. The molecule has 2 atom stereocenters. The fourth-order valence-corrected chi connectivity index (χ4v) is 4.41. The van der Waals surface area contributed by atoms with Gasteiger partial charge < -0.3 is 24.2 Å². The topological polar surface area (TPSA) is 71.5 Å². The predicted molar refractivity (Wildman–Crippen MR) is 133 cm³/mol. The Morgan fingerprint density at radius 1 is 0.886 bits per heavy atom. The van der Waals surface area contributed by atoms with Crippen LogP contribution in [0.1, 0.15) is 0 Å². The molecule has 7 heteroatoms. The Hall–Kier alpha value is -3.55. The first-order valence-electron chi connectivity index (χ1n) is 12.0. The molecule has 2 aliphatic rings. The second kappa shape index (κ2) is 10.8. The average Bonchev–Trinajstić information content (AvgIpc) is 2.92. The van der Waals surface area contributed by atoms with Gasteiger partial charge in [0.25, 0.3) is 5.91 Å². The van der Waals surface area contributed by atoms with Crippen molar-refractivity contribution in [3.05, 3.63) is 78.9 Å². The second-order valence-corrected chi connectivity index (χ2v) is 8.85. The predicted octanol–water partition coefficient (Wildman–Crippen LogP) is 3.08. The Morgan fingerprint density at radius 3 is 2.29 bits per heavy atom. The van der Waals surface area contributed by atoms with E-state index in [1.807, 2.05) is 71.6 Å². The smallest absolute Gasteiger partial charge is 0.267 e. The fourth-order valence-electron chi connectivity index (χ4n) is 4.41. The zero-order valence-electron chi connectivity index (χ0n) is 19.6. The molecular formula is C28H30N2O5. The first-order valence-corrected chi connectivity index (χ1v) is 12.0. The highest BCUT2D eigenvalue weighted by Crippen LogP contribution is 2.31. The Kier molecular flexibility index (Phi) is 7.16. The summed E-state index contributed by atoms with van der Waals surface area (Å²) in [5, 5.41) is 10.5. The summed E-state index contributed by atoms with van der Waals surface area (Å²) >= 11 is 0. The lowest BCUT2D eigenvalue weighted by Gasteiger charge is -2.37. The molecule has 5 rings (SSSR count). The van der Waals surface area contributed by atoms with Crippen molar-refractivity contribution in [2.24, 2.45) is 0 Å². The molecule has 0 aromatic heterocycles. The van der Waals surface area contributed by atoms with Gasteiger partial charge >= 0.3 is 0 Å². The summed E-state index contributed by atoms with van der Waals surface area (Å²) in [6, 6.07) is 25.5. The number of carbonyl (C=O) groups is 1. The number of benzene rings is 3. The Balaban J connectivity index is 1.04. The van der Waals surface area contributed by atoms with E-state index in [1.165, 1.54) is 0 Å². The maximum Gasteiger partial charge on any atom is 0.267 e. The molecule has 0 bridgehead atoms. The van der Waals surface area contributed by atoms with Crippen LogP contribution in [0, 0.1) is 0 Å². The SMILES string of the molecule is O=C([C@H]1COc2ccccc2O1)N1CCN(C[C@H](O)COc2ccc(-c3ccccc3)cc2)CC1. The van der Waals surface area contributed by atoms with E-state index < -0.39 is 12.2 Å². The second-order valence-electron chi connectivity index (χ2n) is 8.85. The summed E-state index contributed by atoms with van der Waals surface area (Å²) in [6.45, 7) is 3.51. The Bertz CT molecular complexity index is 1110. The van der Waals surface area contributed by atoms with Crippen LogP contribution in [-0.2, 0) is 4.79 Å². The lowest BCUT2D eigenvalue weighted by molar-refractivity contribution is -0.143. The van der Waals surface area contributed by atoms with Crippen molar-refractivity contribution >= 4 is 5.91 Å². The number of fused-ring (bicyclic) bond motifs is 1. The number of ether oxygens (including phenoxy) is 3. The van der Waals surface area contributed by atoms with Crippen molar-refractivity contribution in [3.8, 4) is 28.4 Å². The summed E-state index contributed by atoms with van der Waals surface area (Å²) in [7, 11) is 0. The van der Waals surface area contributed by atoms with Crippen molar-refractivity contribution in [3.63, 3.8) is 0 Å². The molecule has 0 radical (unpaired) electrons. The van der Waals surface area contributed by atoms with Gasteiger partial charge in [-0.1, -0.05) is 54.6 Å². The minimum Gasteiger partial charge on any atom is -0.491 e. The number of carbonyl (C=O) groups excluding carboxylic acids is 1. The van der Waals surface area contributed by atoms with Crippen molar-refractivity contribution in [2.45, 2.75) is 12.2 Å². The zero-order chi connectivity index (χ0) is 24.0. The zero-order valence-corrected chi connectivity index (χ0v) is 19.6. The number of hydrogen-bond donors (Lipinski definition) is 1. The minimum absolute atomic E-state index is 0.0537. The van der Waals surface area contributed by atoms with Gasteiger partial charge in [-0.2, -0.15) is 0 Å². The van der Waals surface area contributed by atoms with E-state index in [2.05, 4.69) is 17.0 Å². The summed E-state index contributed by atoms with van der Waals surface area (Å²) in [5.74, 6) is 1.95. The first kappa shape index (κ1) is 23.2. The molecule has 0 spiro atoms. The molecular weight excluding hydrogens is 444 g/mol. The van der Waals surface area contributed by atoms with E-state index in [-0.39, 0.29) is 19.1 Å². The lowest BCUT2D eigenvalue weighted by Crippen LogP contribution is -2.55. The molecule has 3 aromatic carbocycles. The third kappa shape index (κ3) is 5.75. The molecule has 1 saturated heterocycles. The van der Waals surface area contributed by atoms with Crippen LogP contribution in [0.4, 0.5) is 0 Å². The van der Waals surface area contributed by atoms with Gasteiger partial charge in [-0.05, 0) is 35.4 Å². The van der Waals surface area contributed by atoms with Gasteiger partial charge in [0.1, 0.15) is 25.1 Å². The van der Waals surface area contributed by atoms with E-state index in [1.54, 1.807) is 0 Å². The monoisotopic (exact) mass is 474 g/mol. The van der Waals surface area contributed by atoms with E-state index in [9.17, 15) is 9.90 Å². The average molecular weight is 475 g/mol. The molecule has 1 amide bonds. The molecule has 0 aliphatic carbocycles. The van der Waals surface area contributed by atoms with E-state index >= 15 is 0 Å². The molecule has 3 aromatic rings. The fraction of sp³-hybridized carbons (Fsp3) is 0.321. The van der Waals surface area contributed by atoms with Crippen LogP contribution in [0.2, 0.25) is 0 Å². The van der Waals surface area contributed by atoms with Crippen molar-refractivity contribution in [1.29, 1.82) is 0 Å². The maximum atomic E-state index is 12.9. The van der Waals surface area contributed by atoms with Crippen molar-refractivity contribution in [1.82, 2.24) is 9.80 Å². The van der Waals surface area contributed by atoms with Gasteiger partial charge in [0.05, 0.1) is 0 Å². The molecule has 2 heterocycles. The number of aliphatic hydroxyl groups is 1. The molecule has 2 aliphatic heterocycles. The van der Waals surface area contributed by atoms with E-state index in [0.717, 1.165) is 16.9 Å². The van der Waals surface area contributed by atoms with Gasteiger partial charge in [-0.3, -0.25) is 9.69 Å². The Labute approximate surface area is 205 Å². The van der Waals surface area contributed by atoms with Crippen LogP contribution in [-0.4, -0.2) is 79.0 Å². The lowest BCUT2D eigenvalue weighted by atomic mass is 10.1. The summed E-state index contributed by atoms with van der Waals surface area (Å²) in [4.78, 5) is 16.9. The number of piperazine rings is 1. The van der Waals surface area contributed by atoms with Gasteiger partial charge in [0.2, 0.25) is 6.10 Å².